The Morgan fingerprint density at radius 3 is 2.56 bits per heavy atom. The number of carbonyl (C=O) groups excluding carboxylic acids is 1. The maximum atomic E-state index is 12.1. The molecule has 1 rings (SSSR count). The highest BCUT2D eigenvalue weighted by Gasteiger charge is 2.20. The molecule has 4 nitrogen and oxygen atoms in total. The molecule has 18 heavy (non-hydrogen) atoms. The van der Waals surface area contributed by atoms with Crippen LogP contribution in [-0.4, -0.2) is 25.6 Å². The number of ether oxygens (including phenoxy) is 2. The monoisotopic (exact) mass is 251 g/mol. The van der Waals surface area contributed by atoms with Crippen LogP contribution in [0.25, 0.3) is 0 Å². The van der Waals surface area contributed by atoms with E-state index in [2.05, 4.69) is 0 Å². The van der Waals surface area contributed by atoms with Crippen molar-refractivity contribution in [1.82, 2.24) is 0 Å². The molecule has 0 aromatic heterocycles. The van der Waals surface area contributed by atoms with Crippen LogP contribution in [-0.2, 0) is 4.74 Å². The van der Waals surface area contributed by atoms with Crippen molar-refractivity contribution in [3.8, 4) is 5.75 Å². The molecule has 0 spiro atoms. The molecule has 1 aromatic rings. The minimum atomic E-state index is -0.302. The SMILES string of the molecule is COc1cccc(C(=O)CCC(C)(C)OC)c1N. The van der Waals surface area contributed by atoms with Gasteiger partial charge < -0.3 is 15.2 Å². The number of para-hydroxylation sites is 1. The zero-order valence-corrected chi connectivity index (χ0v) is 11.4. The van der Waals surface area contributed by atoms with E-state index in [1.165, 1.54) is 7.11 Å². The minimum Gasteiger partial charge on any atom is -0.495 e. The first-order valence-electron chi connectivity index (χ1n) is 5.92. The fraction of sp³-hybridized carbons (Fsp3) is 0.500. The van der Waals surface area contributed by atoms with Gasteiger partial charge in [-0.05, 0) is 32.4 Å². The Morgan fingerprint density at radius 2 is 2.00 bits per heavy atom. The maximum Gasteiger partial charge on any atom is 0.165 e. The van der Waals surface area contributed by atoms with Crippen LogP contribution in [0.4, 0.5) is 5.69 Å². The Morgan fingerprint density at radius 1 is 1.33 bits per heavy atom. The van der Waals surface area contributed by atoms with Gasteiger partial charge in [0.15, 0.2) is 5.78 Å². The molecule has 0 fully saturated rings. The van der Waals surface area contributed by atoms with E-state index in [0.717, 1.165) is 0 Å². The van der Waals surface area contributed by atoms with E-state index in [1.54, 1.807) is 25.3 Å². The highest BCUT2D eigenvalue weighted by Crippen LogP contribution is 2.27. The summed E-state index contributed by atoms with van der Waals surface area (Å²) < 4.78 is 10.4. The molecule has 0 atom stereocenters. The highest BCUT2D eigenvalue weighted by atomic mass is 16.5. The quantitative estimate of drug-likeness (QED) is 0.623. The molecule has 0 aliphatic carbocycles. The van der Waals surface area contributed by atoms with E-state index in [4.69, 9.17) is 15.2 Å². The number of benzene rings is 1. The van der Waals surface area contributed by atoms with Gasteiger partial charge in [-0.2, -0.15) is 0 Å². The molecule has 4 heteroatoms. The van der Waals surface area contributed by atoms with E-state index in [-0.39, 0.29) is 11.4 Å². The summed E-state index contributed by atoms with van der Waals surface area (Å²) in [4.78, 5) is 12.1. The normalized spacial score (nSPS) is 11.3. The summed E-state index contributed by atoms with van der Waals surface area (Å²) in [5.41, 5.74) is 6.51. The number of hydrogen-bond donors (Lipinski definition) is 1. The van der Waals surface area contributed by atoms with Gasteiger partial charge in [-0.25, -0.2) is 0 Å². The van der Waals surface area contributed by atoms with Gasteiger partial charge in [0, 0.05) is 19.1 Å². The third-order valence-corrected chi connectivity index (χ3v) is 3.09. The molecular weight excluding hydrogens is 230 g/mol. The third kappa shape index (κ3) is 3.47. The Bertz CT molecular complexity index is 427. The lowest BCUT2D eigenvalue weighted by Gasteiger charge is -2.22. The van der Waals surface area contributed by atoms with Gasteiger partial charge in [0.25, 0.3) is 0 Å². The van der Waals surface area contributed by atoms with E-state index >= 15 is 0 Å². The number of ketones is 1. The Labute approximate surface area is 108 Å². The molecule has 0 unspecified atom stereocenters. The van der Waals surface area contributed by atoms with Crippen LogP contribution in [0.3, 0.4) is 0 Å². The molecule has 1 aromatic carbocycles. The summed E-state index contributed by atoms with van der Waals surface area (Å²) in [7, 11) is 3.18. The average Bonchev–Trinajstić information content (AvgIpc) is 2.36. The maximum absolute atomic E-state index is 12.1. The summed E-state index contributed by atoms with van der Waals surface area (Å²) in [5.74, 6) is 0.545. The van der Waals surface area contributed by atoms with Gasteiger partial charge in [0.05, 0.1) is 18.4 Å². The van der Waals surface area contributed by atoms with Gasteiger partial charge in [0.2, 0.25) is 0 Å². The zero-order valence-electron chi connectivity index (χ0n) is 11.4. The smallest absolute Gasteiger partial charge is 0.165 e. The molecule has 2 N–H and O–H groups in total. The molecule has 100 valence electrons. The number of rotatable bonds is 6. The van der Waals surface area contributed by atoms with Crippen molar-refractivity contribution >= 4 is 11.5 Å². The molecule has 0 aliphatic rings. The summed E-state index contributed by atoms with van der Waals surface area (Å²) in [6.45, 7) is 3.91. The summed E-state index contributed by atoms with van der Waals surface area (Å²) in [6.07, 6.45) is 1.05. The number of nitrogen functional groups attached to an aromatic ring is 1. The van der Waals surface area contributed by atoms with Crippen LogP contribution in [0, 0.1) is 0 Å². The second-order valence-corrected chi connectivity index (χ2v) is 4.81. The summed E-state index contributed by atoms with van der Waals surface area (Å²) in [5, 5.41) is 0. The number of nitrogens with two attached hydrogens (primary N) is 1. The van der Waals surface area contributed by atoms with Gasteiger partial charge in [0.1, 0.15) is 5.75 Å². The largest absolute Gasteiger partial charge is 0.495 e. The van der Waals surface area contributed by atoms with Crippen LogP contribution in [0.2, 0.25) is 0 Å². The van der Waals surface area contributed by atoms with Crippen LogP contribution < -0.4 is 10.5 Å². The molecule has 0 amide bonds. The Balaban J connectivity index is 2.79. The molecule has 0 heterocycles. The zero-order chi connectivity index (χ0) is 13.8. The van der Waals surface area contributed by atoms with Crippen molar-refractivity contribution in [2.24, 2.45) is 0 Å². The molecule has 0 aliphatic heterocycles. The number of anilines is 1. The Kier molecular flexibility index (Phi) is 4.73. The first kappa shape index (κ1) is 14.5. The predicted molar refractivity (Wildman–Crippen MR) is 72.1 cm³/mol. The van der Waals surface area contributed by atoms with E-state index in [9.17, 15) is 4.79 Å². The number of carbonyl (C=O) groups is 1. The van der Waals surface area contributed by atoms with E-state index in [1.807, 2.05) is 13.8 Å². The fourth-order valence-electron chi connectivity index (χ4n) is 1.62. The van der Waals surface area contributed by atoms with E-state index in [0.29, 0.717) is 29.8 Å². The Hall–Kier alpha value is -1.55. The first-order chi connectivity index (χ1) is 8.41. The highest BCUT2D eigenvalue weighted by molar-refractivity contribution is 6.01. The first-order valence-corrected chi connectivity index (χ1v) is 5.92. The second-order valence-electron chi connectivity index (χ2n) is 4.81. The molecule has 0 saturated carbocycles. The molecular formula is C14H21NO3. The van der Waals surface area contributed by atoms with Crippen LogP contribution in [0.5, 0.6) is 5.75 Å². The lowest BCUT2D eigenvalue weighted by atomic mass is 9.97. The molecule has 0 bridgehead atoms. The van der Waals surface area contributed by atoms with Crippen molar-refractivity contribution in [3.63, 3.8) is 0 Å². The number of Topliss-reactive ketones (excluding diaryl/α,β-unsaturated/α-hetero) is 1. The predicted octanol–water partition coefficient (Wildman–Crippen LogP) is 2.67. The van der Waals surface area contributed by atoms with Crippen LogP contribution >= 0.6 is 0 Å². The van der Waals surface area contributed by atoms with Crippen molar-refractivity contribution in [1.29, 1.82) is 0 Å². The third-order valence-electron chi connectivity index (χ3n) is 3.09. The van der Waals surface area contributed by atoms with Crippen molar-refractivity contribution in [3.05, 3.63) is 23.8 Å². The summed E-state index contributed by atoms with van der Waals surface area (Å²) >= 11 is 0. The average molecular weight is 251 g/mol. The van der Waals surface area contributed by atoms with Gasteiger partial charge >= 0.3 is 0 Å². The summed E-state index contributed by atoms with van der Waals surface area (Å²) in [6, 6.07) is 5.23. The standard InChI is InChI=1S/C14H21NO3/c1-14(2,18-4)9-8-11(16)10-6-5-7-12(17-3)13(10)15/h5-7H,8-9,15H2,1-4H3. The number of hydrogen-bond acceptors (Lipinski definition) is 4. The second kappa shape index (κ2) is 5.87. The van der Waals surface area contributed by atoms with Gasteiger partial charge in [-0.1, -0.05) is 6.07 Å². The lowest BCUT2D eigenvalue weighted by molar-refractivity contribution is 0.0141. The van der Waals surface area contributed by atoms with Crippen molar-refractivity contribution in [2.75, 3.05) is 20.0 Å². The van der Waals surface area contributed by atoms with Gasteiger partial charge in [-0.15, -0.1) is 0 Å². The van der Waals surface area contributed by atoms with Gasteiger partial charge in [-0.3, -0.25) is 4.79 Å². The topological polar surface area (TPSA) is 61.5 Å². The molecule has 0 saturated heterocycles. The molecule has 0 radical (unpaired) electrons. The fourth-order valence-corrected chi connectivity index (χ4v) is 1.62. The van der Waals surface area contributed by atoms with E-state index < -0.39 is 0 Å². The van der Waals surface area contributed by atoms with Crippen molar-refractivity contribution < 1.29 is 14.3 Å². The number of methoxy groups -OCH3 is 2. The minimum absolute atomic E-state index is 0.0107. The van der Waals surface area contributed by atoms with Crippen LogP contribution in [0.15, 0.2) is 18.2 Å². The van der Waals surface area contributed by atoms with Crippen molar-refractivity contribution in [2.45, 2.75) is 32.3 Å². The lowest BCUT2D eigenvalue weighted by Crippen LogP contribution is -2.23. The van der Waals surface area contributed by atoms with Crippen LogP contribution in [0.1, 0.15) is 37.0 Å².